The van der Waals surface area contributed by atoms with Gasteiger partial charge in [0.1, 0.15) is 17.1 Å². The number of halogens is 3. The van der Waals surface area contributed by atoms with Crippen LogP contribution in [0.3, 0.4) is 0 Å². The average Bonchev–Trinajstić information content (AvgIpc) is 2.66. The van der Waals surface area contributed by atoms with E-state index in [2.05, 4.69) is 20.6 Å². The first-order valence-corrected chi connectivity index (χ1v) is 9.13. The molecule has 0 bridgehead atoms. The van der Waals surface area contributed by atoms with Gasteiger partial charge in [-0.05, 0) is 38.2 Å². The van der Waals surface area contributed by atoms with Crippen LogP contribution in [0.5, 0.6) is 5.75 Å². The number of thiocarbonyl (C=S) groups is 1. The van der Waals surface area contributed by atoms with E-state index >= 15 is 0 Å². The fraction of sp³-hybridized carbons (Fsp3) is 0.278. The SMILES string of the molecule is CC(C)Oc1ccnc(C(=N)NC(=S)Nc2nccc(C(F)(F)F)c2N(C)C(=O)O)c1. The van der Waals surface area contributed by atoms with Crippen LogP contribution in [0.15, 0.2) is 30.6 Å². The Morgan fingerprint density at radius 2 is 1.94 bits per heavy atom. The fourth-order valence-electron chi connectivity index (χ4n) is 2.42. The summed E-state index contributed by atoms with van der Waals surface area (Å²) in [6.45, 7) is 3.66. The van der Waals surface area contributed by atoms with Gasteiger partial charge >= 0.3 is 12.3 Å². The summed E-state index contributed by atoms with van der Waals surface area (Å²) in [7, 11) is 0.947. The molecule has 0 aliphatic heterocycles. The maximum atomic E-state index is 13.4. The molecule has 0 fully saturated rings. The summed E-state index contributed by atoms with van der Waals surface area (Å²) in [6, 6.07) is 3.75. The van der Waals surface area contributed by atoms with Crippen molar-refractivity contribution in [2.45, 2.75) is 26.1 Å². The molecule has 0 unspecified atom stereocenters. The fourth-order valence-corrected chi connectivity index (χ4v) is 2.62. The number of aromatic nitrogens is 2. The van der Waals surface area contributed by atoms with E-state index in [0.717, 1.165) is 13.2 Å². The standard InChI is InChI=1S/C18H19F3N6O3S/c1-9(2)30-10-4-6-23-12(8-10)14(22)25-16(31)26-15-13(27(3)17(28)29)11(5-7-24-15)18(19,20)21/h4-9H,1-3H3,(H,28,29)(H3,22,24,25,26,31). The van der Waals surface area contributed by atoms with Gasteiger partial charge in [-0.25, -0.2) is 9.78 Å². The van der Waals surface area contributed by atoms with Gasteiger partial charge in [-0.1, -0.05) is 0 Å². The zero-order valence-electron chi connectivity index (χ0n) is 16.6. The zero-order valence-corrected chi connectivity index (χ0v) is 17.4. The minimum Gasteiger partial charge on any atom is -0.491 e. The molecule has 0 saturated carbocycles. The second-order valence-electron chi connectivity index (χ2n) is 6.39. The van der Waals surface area contributed by atoms with Crippen molar-refractivity contribution in [1.29, 1.82) is 5.41 Å². The van der Waals surface area contributed by atoms with Crippen molar-refractivity contribution in [3.8, 4) is 5.75 Å². The van der Waals surface area contributed by atoms with Gasteiger partial charge in [0.2, 0.25) is 0 Å². The Morgan fingerprint density at radius 3 is 2.52 bits per heavy atom. The highest BCUT2D eigenvalue weighted by Crippen LogP contribution is 2.39. The van der Waals surface area contributed by atoms with E-state index in [0.29, 0.717) is 16.7 Å². The average molecular weight is 456 g/mol. The van der Waals surface area contributed by atoms with Gasteiger partial charge in [-0.2, -0.15) is 13.2 Å². The molecule has 2 aromatic rings. The van der Waals surface area contributed by atoms with Crippen molar-refractivity contribution >= 4 is 40.8 Å². The molecule has 166 valence electrons. The molecular formula is C18H19F3N6O3S. The molecule has 13 heteroatoms. The minimum atomic E-state index is -4.83. The number of hydrogen-bond donors (Lipinski definition) is 4. The molecule has 0 aromatic carbocycles. The topological polar surface area (TPSA) is 123 Å². The Balaban J connectivity index is 2.26. The van der Waals surface area contributed by atoms with E-state index in [1.165, 1.54) is 12.3 Å². The van der Waals surface area contributed by atoms with Gasteiger partial charge in [0, 0.05) is 25.5 Å². The van der Waals surface area contributed by atoms with Crippen LogP contribution in [-0.4, -0.2) is 45.3 Å². The number of rotatable bonds is 5. The van der Waals surface area contributed by atoms with Crippen molar-refractivity contribution in [2.75, 3.05) is 17.3 Å². The lowest BCUT2D eigenvalue weighted by Gasteiger charge is -2.22. The number of amides is 1. The molecule has 0 aliphatic rings. The van der Waals surface area contributed by atoms with Crippen molar-refractivity contribution in [1.82, 2.24) is 15.3 Å². The second-order valence-corrected chi connectivity index (χ2v) is 6.80. The first-order chi connectivity index (χ1) is 14.4. The van der Waals surface area contributed by atoms with E-state index < -0.39 is 29.3 Å². The minimum absolute atomic E-state index is 0.100. The number of amidine groups is 1. The molecule has 9 nitrogen and oxygen atoms in total. The van der Waals surface area contributed by atoms with E-state index in [1.807, 2.05) is 13.8 Å². The van der Waals surface area contributed by atoms with Crippen molar-refractivity contribution in [3.63, 3.8) is 0 Å². The smallest absolute Gasteiger partial charge is 0.418 e. The highest BCUT2D eigenvalue weighted by molar-refractivity contribution is 7.80. The summed E-state index contributed by atoms with van der Waals surface area (Å²) < 4.78 is 45.6. The number of hydrogen-bond acceptors (Lipinski definition) is 6. The molecule has 2 aromatic heterocycles. The van der Waals surface area contributed by atoms with Crippen molar-refractivity contribution < 1.29 is 27.8 Å². The van der Waals surface area contributed by atoms with Crippen LogP contribution in [0.1, 0.15) is 25.1 Å². The largest absolute Gasteiger partial charge is 0.491 e. The molecule has 4 N–H and O–H groups in total. The van der Waals surface area contributed by atoms with Crippen LogP contribution in [0.4, 0.5) is 29.5 Å². The van der Waals surface area contributed by atoms with Crippen LogP contribution in [0, 0.1) is 5.41 Å². The molecule has 2 heterocycles. The van der Waals surface area contributed by atoms with E-state index in [-0.39, 0.29) is 22.7 Å². The Bertz CT molecular complexity index is 1000. The maximum absolute atomic E-state index is 13.4. The molecule has 0 radical (unpaired) electrons. The third-order valence-electron chi connectivity index (χ3n) is 3.68. The number of nitrogens with one attached hydrogen (secondary N) is 3. The molecule has 1 amide bonds. The monoisotopic (exact) mass is 456 g/mol. The lowest BCUT2D eigenvalue weighted by atomic mass is 10.2. The predicted molar refractivity (Wildman–Crippen MR) is 112 cm³/mol. The third kappa shape index (κ3) is 6.25. The molecular weight excluding hydrogens is 437 g/mol. The van der Waals surface area contributed by atoms with Gasteiger partial charge < -0.3 is 20.5 Å². The summed E-state index contributed by atoms with van der Waals surface area (Å²) in [4.78, 5) is 19.5. The molecule has 0 spiro atoms. The molecule has 31 heavy (non-hydrogen) atoms. The number of carboxylic acid groups (broad SMARTS) is 1. The Hall–Kier alpha value is -3.48. The van der Waals surface area contributed by atoms with Gasteiger partial charge in [-0.3, -0.25) is 15.3 Å². The zero-order chi connectivity index (χ0) is 23.3. The molecule has 0 aliphatic carbocycles. The number of alkyl halides is 3. The Kier molecular flexibility index (Phi) is 7.33. The van der Waals surface area contributed by atoms with Gasteiger partial charge in [0.25, 0.3) is 0 Å². The summed E-state index contributed by atoms with van der Waals surface area (Å²) >= 11 is 5.05. The summed E-state index contributed by atoms with van der Waals surface area (Å²) in [5, 5.41) is 21.9. The quantitative estimate of drug-likeness (QED) is 0.305. The number of nitrogens with zero attached hydrogens (tertiary/aromatic N) is 3. The summed E-state index contributed by atoms with van der Waals surface area (Å²) in [5.74, 6) is -0.239. The summed E-state index contributed by atoms with van der Waals surface area (Å²) in [5.41, 5.74) is -1.78. The lowest BCUT2D eigenvalue weighted by Crippen LogP contribution is -2.36. The second kappa shape index (κ2) is 9.55. The highest BCUT2D eigenvalue weighted by atomic mass is 32.1. The van der Waals surface area contributed by atoms with E-state index in [4.69, 9.17) is 27.5 Å². The van der Waals surface area contributed by atoms with Gasteiger partial charge in [0.15, 0.2) is 16.8 Å². The van der Waals surface area contributed by atoms with Crippen LogP contribution >= 0.6 is 12.2 Å². The third-order valence-corrected chi connectivity index (χ3v) is 3.89. The van der Waals surface area contributed by atoms with E-state index in [9.17, 15) is 18.0 Å². The van der Waals surface area contributed by atoms with Gasteiger partial charge in [-0.15, -0.1) is 0 Å². The highest BCUT2D eigenvalue weighted by Gasteiger charge is 2.37. The molecule has 2 rings (SSSR count). The first-order valence-electron chi connectivity index (χ1n) is 8.72. The normalized spacial score (nSPS) is 11.1. The van der Waals surface area contributed by atoms with Crippen LogP contribution in [-0.2, 0) is 6.18 Å². The van der Waals surface area contributed by atoms with Crippen LogP contribution in [0.25, 0.3) is 0 Å². The van der Waals surface area contributed by atoms with Crippen LogP contribution < -0.4 is 20.3 Å². The molecule has 0 saturated heterocycles. The lowest BCUT2D eigenvalue weighted by molar-refractivity contribution is -0.137. The van der Waals surface area contributed by atoms with Gasteiger partial charge in [0.05, 0.1) is 11.7 Å². The maximum Gasteiger partial charge on any atom is 0.418 e. The number of carbonyl (C=O) groups is 1. The number of anilines is 2. The number of ether oxygens (including phenoxy) is 1. The first kappa shape index (κ1) is 23.8. The summed E-state index contributed by atoms with van der Waals surface area (Å²) in [6.07, 6.45) is -4.27. The molecule has 0 atom stereocenters. The van der Waals surface area contributed by atoms with Crippen LogP contribution in [0.2, 0.25) is 0 Å². The van der Waals surface area contributed by atoms with Crippen molar-refractivity contribution in [3.05, 3.63) is 41.9 Å². The Morgan fingerprint density at radius 1 is 1.29 bits per heavy atom. The number of pyridine rings is 2. The van der Waals surface area contributed by atoms with E-state index in [1.54, 1.807) is 6.07 Å². The van der Waals surface area contributed by atoms with Crippen molar-refractivity contribution in [2.24, 2.45) is 0 Å². The Labute approximate surface area is 180 Å². The predicted octanol–water partition coefficient (Wildman–Crippen LogP) is 3.71.